The Labute approximate surface area is 179 Å². The van der Waals surface area contributed by atoms with Crippen molar-refractivity contribution in [2.45, 2.75) is 51.9 Å². The summed E-state index contributed by atoms with van der Waals surface area (Å²) in [6, 6.07) is 1.80. The molecule has 0 bridgehead atoms. The van der Waals surface area contributed by atoms with E-state index in [9.17, 15) is 4.79 Å². The highest BCUT2D eigenvalue weighted by atomic mass is 127. The van der Waals surface area contributed by atoms with Gasteiger partial charge in [0.1, 0.15) is 0 Å². The van der Waals surface area contributed by atoms with Crippen LogP contribution < -0.4 is 10.6 Å². The van der Waals surface area contributed by atoms with Crippen molar-refractivity contribution in [3.05, 3.63) is 23.7 Å². The molecule has 0 unspecified atom stereocenters. The van der Waals surface area contributed by atoms with Gasteiger partial charge in [0.15, 0.2) is 11.7 Å². The molecule has 1 aliphatic heterocycles. The summed E-state index contributed by atoms with van der Waals surface area (Å²) < 4.78 is 5.21. The molecule has 1 amide bonds. The number of hydrogen-bond donors (Lipinski definition) is 2. The van der Waals surface area contributed by atoms with Crippen LogP contribution in [0.3, 0.4) is 0 Å². The highest BCUT2D eigenvalue weighted by Crippen LogP contribution is 2.43. The number of carbonyl (C=O) groups is 1. The lowest BCUT2D eigenvalue weighted by Crippen LogP contribution is -2.42. The van der Waals surface area contributed by atoms with E-state index in [4.69, 9.17) is 4.42 Å². The maximum Gasteiger partial charge on any atom is 0.287 e. The summed E-state index contributed by atoms with van der Waals surface area (Å²) >= 11 is 0. The molecule has 0 atom stereocenters. The highest BCUT2D eigenvalue weighted by Gasteiger charge is 2.39. The molecule has 2 heterocycles. The zero-order valence-electron chi connectivity index (χ0n) is 16.6. The number of guanidine groups is 1. The van der Waals surface area contributed by atoms with Crippen molar-refractivity contribution in [3.63, 3.8) is 0 Å². The van der Waals surface area contributed by atoms with Gasteiger partial charge in [-0.25, -0.2) is 0 Å². The van der Waals surface area contributed by atoms with Gasteiger partial charge in [0.2, 0.25) is 0 Å². The van der Waals surface area contributed by atoms with E-state index in [1.165, 1.54) is 38.5 Å². The molecule has 1 saturated carbocycles. The average molecular weight is 488 g/mol. The van der Waals surface area contributed by atoms with Crippen LogP contribution in [-0.2, 0) is 0 Å². The smallest absolute Gasteiger partial charge is 0.287 e. The summed E-state index contributed by atoms with van der Waals surface area (Å²) in [7, 11) is 1.86. The molecule has 1 saturated heterocycles. The Bertz CT molecular complexity index is 638. The van der Waals surface area contributed by atoms with Crippen LogP contribution in [0, 0.1) is 12.3 Å². The molecule has 1 aromatic heterocycles. The lowest BCUT2D eigenvalue weighted by molar-refractivity contribution is 0.0925. The van der Waals surface area contributed by atoms with Crippen LogP contribution in [0.4, 0.5) is 0 Å². The average Bonchev–Trinajstić information content (AvgIpc) is 3.25. The number of likely N-dealkylation sites (tertiary alicyclic amines) is 1. The Morgan fingerprint density at radius 1 is 1.22 bits per heavy atom. The van der Waals surface area contributed by atoms with Gasteiger partial charge in [-0.2, -0.15) is 0 Å². The number of carbonyl (C=O) groups excluding carboxylic acids is 1. The number of nitrogens with one attached hydrogen (secondary N) is 2. The van der Waals surface area contributed by atoms with E-state index >= 15 is 0 Å². The number of halogens is 1. The van der Waals surface area contributed by atoms with Gasteiger partial charge in [-0.15, -0.1) is 24.0 Å². The van der Waals surface area contributed by atoms with Crippen molar-refractivity contribution < 1.29 is 9.21 Å². The van der Waals surface area contributed by atoms with Crippen LogP contribution in [0.25, 0.3) is 0 Å². The molecule has 6 nitrogen and oxygen atoms in total. The van der Waals surface area contributed by atoms with E-state index in [-0.39, 0.29) is 29.9 Å². The van der Waals surface area contributed by atoms with Crippen LogP contribution >= 0.6 is 24.0 Å². The Balaban J connectivity index is 0.00000261. The Morgan fingerprint density at radius 3 is 2.63 bits per heavy atom. The quantitative estimate of drug-likeness (QED) is 0.288. The third kappa shape index (κ3) is 5.62. The molecule has 3 rings (SSSR count). The van der Waals surface area contributed by atoms with Crippen molar-refractivity contribution >= 4 is 35.8 Å². The molecular weight excluding hydrogens is 455 g/mol. The van der Waals surface area contributed by atoms with Crippen molar-refractivity contribution in [3.8, 4) is 0 Å². The Hall–Kier alpha value is -1.25. The first-order valence-corrected chi connectivity index (χ1v) is 9.91. The fourth-order valence-electron chi connectivity index (χ4n) is 4.33. The molecule has 27 heavy (non-hydrogen) atoms. The van der Waals surface area contributed by atoms with Gasteiger partial charge in [-0.1, -0.05) is 19.3 Å². The Morgan fingerprint density at radius 2 is 1.96 bits per heavy atom. The number of amides is 1. The Kier molecular flexibility index (Phi) is 8.44. The number of hydrogen-bond acceptors (Lipinski definition) is 3. The maximum atomic E-state index is 12.0. The first kappa shape index (κ1) is 22.0. The molecule has 1 aromatic rings. The van der Waals surface area contributed by atoms with E-state index in [1.54, 1.807) is 12.3 Å². The fraction of sp³-hybridized carbons (Fsp3) is 0.700. The van der Waals surface area contributed by atoms with Crippen LogP contribution in [0.2, 0.25) is 0 Å². The largest absolute Gasteiger partial charge is 0.459 e. The SMILES string of the molecule is CN=C(NCCCNC(=O)c1occc1C)N1CCC2(CCCCC2)C1.I. The molecule has 2 fully saturated rings. The molecule has 1 aliphatic carbocycles. The molecule has 2 N–H and O–H groups in total. The van der Waals surface area contributed by atoms with Crippen LogP contribution in [-0.4, -0.2) is 50.0 Å². The predicted octanol–water partition coefficient (Wildman–Crippen LogP) is 3.56. The van der Waals surface area contributed by atoms with Gasteiger partial charge in [0.25, 0.3) is 5.91 Å². The third-order valence-electron chi connectivity index (χ3n) is 5.85. The van der Waals surface area contributed by atoms with Crippen LogP contribution in [0.1, 0.15) is 61.1 Å². The van der Waals surface area contributed by atoms with E-state index < -0.39 is 0 Å². The molecule has 1 spiro atoms. The summed E-state index contributed by atoms with van der Waals surface area (Å²) in [4.78, 5) is 18.9. The number of rotatable bonds is 5. The topological polar surface area (TPSA) is 69.9 Å². The minimum atomic E-state index is -0.143. The molecule has 0 radical (unpaired) electrons. The van der Waals surface area contributed by atoms with Gasteiger partial charge < -0.3 is 20.0 Å². The number of nitrogens with zero attached hydrogens (tertiary/aromatic N) is 2. The van der Waals surface area contributed by atoms with Crippen molar-refractivity contribution in [1.82, 2.24) is 15.5 Å². The summed E-state index contributed by atoms with van der Waals surface area (Å²) in [6.07, 6.45) is 10.6. The first-order valence-electron chi connectivity index (χ1n) is 9.91. The van der Waals surface area contributed by atoms with Gasteiger partial charge in [-0.05, 0) is 44.1 Å². The van der Waals surface area contributed by atoms with Crippen molar-refractivity contribution in [1.29, 1.82) is 0 Å². The van der Waals surface area contributed by atoms with Crippen LogP contribution in [0.15, 0.2) is 21.7 Å². The first-order chi connectivity index (χ1) is 12.6. The third-order valence-corrected chi connectivity index (χ3v) is 5.85. The molecule has 7 heteroatoms. The number of aliphatic imine (C=N–C) groups is 1. The summed E-state index contributed by atoms with van der Waals surface area (Å²) in [5.41, 5.74) is 1.40. The second kappa shape index (κ2) is 10.3. The number of furan rings is 1. The molecule has 2 aliphatic rings. The molecule has 0 aromatic carbocycles. The normalized spacial score (nSPS) is 19.0. The molecular formula is C20H33IN4O2. The maximum absolute atomic E-state index is 12.0. The zero-order chi connectivity index (χ0) is 18.4. The van der Waals surface area contributed by atoms with E-state index in [1.807, 2.05) is 14.0 Å². The highest BCUT2D eigenvalue weighted by molar-refractivity contribution is 14.0. The van der Waals surface area contributed by atoms with E-state index in [0.29, 0.717) is 17.7 Å². The second-order valence-electron chi connectivity index (χ2n) is 7.75. The van der Waals surface area contributed by atoms with Gasteiger partial charge in [0.05, 0.1) is 6.26 Å². The van der Waals surface area contributed by atoms with E-state index in [0.717, 1.165) is 37.6 Å². The van der Waals surface area contributed by atoms with E-state index in [2.05, 4.69) is 20.5 Å². The van der Waals surface area contributed by atoms with Crippen molar-refractivity contribution in [2.75, 3.05) is 33.2 Å². The van der Waals surface area contributed by atoms with Gasteiger partial charge >= 0.3 is 0 Å². The number of aryl methyl sites for hydroxylation is 1. The summed E-state index contributed by atoms with van der Waals surface area (Å²) in [6.45, 7) is 5.54. The minimum absolute atomic E-state index is 0. The standard InChI is InChI=1S/C20H32N4O2.HI/c1-16-7-14-26-17(16)18(25)22-11-6-12-23-19(21-2)24-13-10-20(15-24)8-4-3-5-9-20;/h7,14H,3-6,8-13,15H2,1-2H3,(H,21,23)(H,22,25);1H. The van der Waals surface area contributed by atoms with Crippen molar-refractivity contribution in [2.24, 2.45) is 10.4 Å². The summed E-state index contributed by atoms with van der Waals surface area (Å²) in [5, 5.41) is 6.36. The molecule has 152 valence electrons. The van der Waals surface area contributed by atoms with Gasteiger partial charge in [0, 0.05) is 38.8 Å². The summed E-state index contributed by atoms with van der Waals surface area (Å²) in [5.74, 6) is 1.26. The van der Waals surface area contributed by atoms with Gasteiger partial charge in [-0.3, -0.25) is 9.79 Å². The fourth-order valence-corrected chi connectivity index (χ4v) is 4.33. The predicted molar refractivity (Wildman–Crippen MR) is 119 cm³/mol. The monoisotopic (exact) mass is 488 g/mol. The second-order valence-corrected chi connectivity index (χ2v) is 7.75. The minimum Gasteiger partial charge on any atom is -0.459 e. The lowest BCUT2D eigenvalue weighted by atomic mass is 9.73. The zero-order valence-corrected chi connectivity index (χ0v) is 18.9. The lowest BCUT2D eigenvalue weighted by Gasteiger charge is -2.33. The van der Waals surface area contributed by atoms with Crippen LogP contribution in [0.5, 0.6) is 0 Å².